The molecule has 0 saturated carbocycles. The standard InChI is InChI=1S/C16H24N2O4.2ClH/c1-17-4-6-18(7-5-17)9-14(19)11-20-10-13-2-3-15-16(8-13)22-12-21-15;;/h2-3,8,14,19H,4-7,9-12H2,1H3;2*1H. The van der Waals surface area contributed by atoms with E-state index < -0.39 is 6.10 Å². The van der Waals surface area contributed by atoms with Crippen molar-refractivity contribution in [2.45, 2.75) is 12.7 Å². The van der Waals surface area contributed by atoms with Crippen molar-refractivity contribution >= 4 is 24.8 Å². The first-order chi connectivity index (χ1) is 10.7. The Kier molecular flexibility index (Phi) is 9.12. The Labute approximate surface area is 155 Å². The Bertz CT molecular complexity index is 499. The number of nitrogens with zero attached hydrogens (tertiary/aromatic N) is 2. The van der Waals surface area contributed by atoms with Gasteiger partial charge in [-0.25, -0.2) is 0 Å². The fourth-order valence-electron chi connectivity index (χ4n) is 2.72. The third-order valence-electron chi connectivity index (χ3n) is 4.08. The van der Waals surface area contributed by atoms with Crippen molar-refractivity contribution in [2.24, 2.45) is 0 Å². The smallest absolute Gasteiger partial charge is 0.231 e. The number of hydrogen-bond donors (Lipinski definition) is 1. The molecule has 6 nitrogen and oxygen atoms in total. The number of piperazine rings is 1. The highest BCUT2D eigenvalue weighted by Crippen LogP contribution is 2.32. The molecule has 0 amide bonds. The molecular formula is C16H26Cl2N2O4. The number of fused-ring (bicyclic) bond motifs is 1. The van der Waals surface area contributed by atoms with Gasteiger partial charge in [0.1, 0.15) is 0 Å². The number of benzene rings is 1. The average Bonchev–Trinajstić information content (AvgIpc) is 2.97. The van der Waals surface area contributed by atoms with Crippen LogP contribution in [0.4, 0.5) is 0 Å². The summed E-state index contributed by atoms with van der Waals surface area (Å²) < 4.78 is 16.2. The molecule has 1 aromatic carbocycles. The van der Waals surface area contributed by atoms with Gasteiger partial charge in [0.05, 0.1) is 19.3 Å². The summed E-state index contributed by atoms with van der Waals surface area (Å²) in [6.45, 7) is 5.91. The number of aliphatic hydroxyl groups is 1. The first-order valence-corrected chi connectivity index (χ1v) is 7.76. The van der Waals surface area contributed by atoms with Gasteiger partial charge in [0.25, 0.3) is 0 Å². The molecule has 2 aliphatic heterocycles. The van der Waals surface area contributed by atoms with Crippen LogP contribution >= 0.6 is 24.8 Å². The lowest BCUT2D eigenvalue weighted by atomic mass is 10.2. The maximum atomic E-state index is 10.1. The largest absolute Gasteiger partial charge is 0.454 e. The number of ether oxygens (including phenoxy) is 3. The normalized spacial score (nSPS) is 18.6. The molecule has 1 N–H and O–H groups in total. The average molecular weight is 381 g/mol. The van der Waals surface area contributed by atoms with Crippen molar-refractivity contribution in [3.63, 3.8) is 0 Å². The van der Waals surface area contributed by atoms with Crippen molar-refractivity contribution in [3.8, 4) is 11.5 Å². The van der Waals surface area contributed by atoms with Gasteiger partial charge in [-0.15, -0.1) is 24.8 Å². The third-order valence-corrected chi connectivity index (χ3v) is 4.08. The number of rotatable bonds is 6. The minimum atomic E-state index is -0.447. The van der Waals surface area contributed by atoms with E-state index in [4.69, 9.17) is 14.2 Å². The van der Waals surface area contributed by atoms with Crippen LogP contribution in [0.15, 0.2) is 18.2 Å². The maximum Gasteiger partial charge on any atom is 0.231 e. The van der Waals surface area contributed by atoms with Crippen LogP contribution in [-0.2, 0) is 11.3 Å². The number of likely N-dealkylation sites (N-methyl/N-ethyl adjacent to an activating group) is 1. The SMILES string of the molecule is CN1CCN(CC(O)COCc2ccc3c(c2)OCO3)CC1.Cl.Cl. The number of hydrogen-bond acceptors (Lipinski definition) is 6. The van der Waals surface area contributed by atoms with Crippen molar-refractivity contribution in [3.05, 3.63) is 23.8 Å². The first-order valence-electron chi connectivity index (χ1n) is 7.76. The second-order valence-corrected chi connectivity index (χ2v) is 5.96. The van der Waals surface area contributed by atoms with Crippen molar-refractivity contribution < 1.29 is 19.3 Å². The summed E-state index contributed by atoms with van der Waals surface area (Å²) in [4.78, 5) is 4.59. The van der Waals surface area contributed by atoms with Gasteiger partial charge in [0.2, 0.25) is 6.79 Å². The highest BCUT2D eigenvalue weighted by Gasteiger charge is 2.17. The first kappa shape index (κ1) is 21.3. The molecule has 1 aromatic rings. The molecule has 2 heterocycles. The summed E-state index contributed by atoms with van der Waals surface area (Å²) in [7, 11) is 2.13. The Hall–Kier alpha value is -0.760. The topological polar surface area (TPSA) is 54.4 Å². The molecule has 8 heteroatoms. The van der Waals surface area contributed by atoms with Gasteiger partial charge in [-0.2, -0.15) is 0 Å². The molecule has 138 valence electrons. The van der Waals surface area contributed by atoms with E-state index in [9.17, 15) is 5.11 Å². The van der Waals surface area contributed by atoms with E-state index >= 15 is 0 Å². The lowest BCUT2D eigenvalue weighted by molar-refractivity contribution is 0.00294. The monoisotopic (exact) mass is 380 g/mol. The minimum absolute atomic E-state index is 0. The molecule has 3 rings (SSSR count). The summed E-state index contributed by atoms with van der Waals surface area (Å²) in [5.74, 6) is 1.54. The second kappa shape index (κ2) is 10.3. The third kappa shape index (κ3) is 5.95. The lowest BCUT2D eigenvalue weighted by Crippen LogP contribution is -2.47. The van der Waals surface area contributed by atoms with Crippen LogP contribution in [0.5, 0.6) is 11.5 Å². The van der Waals surface area contributed by atoms with Gasteiger partial charge in [-0.3, -0.25) is 4.90 Å². The van der Waals surface area contributed by atoms with Crippen molar-refractivity contribution in [2.75, 3.05) is 53.2 Å². The van der Waals surface area contributed by atoms with Gasteiger partial charge in [-0.05, 0) is 24.7 Å². The predicted octanol–water partition coefficient (Wildman–Crippen LogP) is 1.38. The number of aliphatic hydroxyl groups excluding tert-OH is 1. The zero-order valence-corrected chi connectivity index (χ0v) is 15.5. The zero-order valence-electron chi connectivity index (χ0n) is 13.8. The molecule has 1 saturated heterocycles. The zero-order chi connectivity index (χ0) is 15.4. The molecule has 2 aliphatic rings. The van der Waals surface area contributed by atoms with Crippen LogP contribution in [0.2, 0.25) is 0 Å². The number of β-amino-alcohol motifs (C(OH)–C–C–N with tert-alkyl or cyclic N) is 1. The fourth-order valence-corrected chi connectivity index (χ4v) is 2.72. The van der Waals surface area contributed by atoms with Crippen molar-refractivity contribution in [1.29, 1.82) is 0 Å². The van der Waals surface area contributed by atoms with Gasteiger partial charge < -0.3 is 24.2 Å². The van der Waals surface area contributed by atoms with Gasteiger partial charge in [0.15, 0.2) is 11.5 Å². The summed E-state index contributed by atoms with van der Waals surface area (Å²) in [5, 5.41) is 10.1. The van der Waals surface area contributed by atoms with Crippen LogP contribution in [0.3, 0.4) is 0 Å². The number of halogens is 2. The van der Waals surface area contributed by atoms with E-state index in [0.717, 1.165) is 43.2 Å². The molecule has 0 aliphatic carbocycles. The molecule has 0 bridgehead atoms. The van der Waals surface area contributed by atoms with E-state index in [1.54, 1.807) is 0 Å². The highest BCUT2D eigenvalue weighted by molar-refractivity contribution is 5.85. The van der Waals surface area contributed by atoms with Gasteiger partial charge in [0, 0.05) is 32.7 Å². The van der Waals surface area contributed by atoms with Crippen LogP contribution in [0.1, 0.15) is 5.56 Å². The molecule has 0 spiro atoms. The molecule has 0 aromatic heterocycles. The van der Waals surface area contributed by atoms with E-state index in [0.29, 0.717) is 19.8 Å². The van der Waals surface area contributed by atoms with Crippen LogP contribution in [0, 0.1) is 0 Å². The quantitative estimate of drug-likeness (QED) is 0.804. The Morgan fingerprint density at radius 3 is 2.58 bits per heavy atom. The predicted molar refractivity (Wildman–Crippen MR) is 96.7 cm³/mol. The molecular weight excluding hydrogens is 355 g/mol. The molecule has 24 heavy (non-hydrogen) atoms. The van der Waals surface area contributed by atoms with Crippen LogP contribution < -0.4 is 9.47 Å². The summed E-state index contributed by atoms with van der Waals surface area (Å²) in [6.07, 6.45) is -0.447. The summed E-state index contributed by atoms with van der Waals surface area (Å²) >= 11 is 0. The Morgan fingerprint density at radius 2 is 1.83 bits per heavy atom. The molecule has 0 radical (unpaired) electrons. The Balaban J connectivity index is 0.00000144. The lowest BCUT2D eigenvalue weighted by Gasteiger charge is -2.33. The summed E-state index contributed by atoms with van der Waals surface area (Å²) in [5.41, 5.74) is 1.02. The van der Waals surface area contributed by atoms with Gasteiger partial charge in [-0.1, -0.05) is 6.07 Å². The minimum Gasteiger partial charge on any atom is -0.454 e. The fraction of sp³-hybridized carbons (Fsp3) is 0.625. The molecule has 1 unspecified atom stereocenters. The van der Waals surface area contributed by atoms with E-state index in [-0.39, 0.29) is 31.6 Å². The van der Waals surface area contributed by atoms with E-state index in [1.165, 1.54) is 0 Å². The van der Waals surface area contributed by atoms with Crippen LogP contribution in [0.25, 0.3) is 0 Å². The highest BCUT2D eigenvalue weighted by atomic mass is 35.5. The second-order valence-electron chi connectivity index (χ2n) is 5.96. The molecule has 1 fully saturated rings. The van der Waals surface area contributed by atoms with Crippen molar-refractivity contribution in [1.82, 2.24) is 9.80 Å². The Morgan fingerprint density at radius 1 is 1.12 bits per heavy atom. The summed E-state index contributed by atoms with van der Waals surface area (Å²) in [6, 6.07) is 5.78. The van der Waals surface area contributed by atoms with Gasteiger partial charge >= 0.3 is 0 Å². The van der Waals surface area contributed by atoms with E-state index in [1.807, 2.05) is 18.2 Å². The van der Waals surface area contributed by atoms with Crippen LogP contribution in [-0.4, -0.2) is 74.2 Å². The van der Waals surface area contributed by atoms with E-state index in [2.05, 4.69) is 16.8 Å². The maximum absolute atomic E-state index is 10.1. The molecule has 1 atom stereocenters.